The van der Waals surface area contributed by atoms with Gasteiger partial charge in [-0.15, -0.1) is 5.10 Å². The Morgan fingerprint density at radius 1 is 1.33 bits per heavy atom. The number of hydrogen-bond acceptors (Lipinski definition) is 5. The number of aromatic nitrogens is 3. The molecule has 1 aromatic heterocycles. The minimum absolute atomic E-state index is 0.154. The molecule has 0 fully saturated rings. The van der Waals surface area contributed by atoms with E-state index in [1.165, 1.54) is 4.68 Å². The molecule has 0 saturated heterocycles. The van der Waals surface area contributed by atoms with Gasteiger partial charge in [-0.3, -0.25) is 0 Å². The summed E-state index contributed by atoms with van der Waals surface area (Å²) >= 11 is 0. The largest absolute Gasteiger partial charge is 0.497 e. The van der Waals surface area contributed by atoms with Crippen molar-refractivity contribution in [3.63, 3.8) is 0 Å². The number of aliphatic hydroxyl groups excluding tert-OH is 2. The van der Waals surface area contributed by atoms with Gasteiger partial charge in [0.05, 0.1) is 32.6 Å². The zero-order chi connectivity index (χ0) is 13.0. The molecule has 96 valence electrons. The molecule has 1 heterocycles. The summed E-state index contributed by atoms with van der Waals surface area (Å²) in [4.78, 5) is 0. The quantitative estimate of drug-likeness (QED) is 0.807. The minimum Gasteiger partial charge on any atom is -0.497 e. The molecule has 6 heteroatoms. The molecule has 2 N–H and O–H groups in total. The first-order chi connectivity index (χ1) is 8.72. The van der Waals surface area contributed by atoms with Gasteiger partial charge >= 0.3 is 0 Å². The van der Waals surface area contributed by atoms with E-state index in [9.17, 15) is 5.11 Å². The van der Waals surface area contributed by atoms with Gasteiger partial charge in [-0.1, -0.05) is 17.3 Å². The van der Waals surface area contributed by atoms with Gasteiger partial charge in [-0.2, -0.15) is 0 Å². The van der Waals surface area contributed by atoms with Crippen molar-refractivity contribution in [2.75, 3.05) is 7.11 Å². The second-order valence-corrected chi connectivity index (χ2v) is 3.88. The molecule has 0 unspecified atom stereocenters. The molecule has 18 heavy (non-hydrogen) atoms. The number of hydrogen-bond donors (Lipinski definition) is 2. The van der Waals surface area contributed by atoms with Gasteiger partial charge in [-0.25, -0.2) is 4.68 Å². The Bertz CT molecular complexity index is 496. The number of nitrogens with zero attached hydrogens (tertiary/aromatic N) is 3. The van der Waals surface area contributed by atoms with Crippen LogP contribution in [0, 0.1) is 0 Å². The van der Waals surface area contributed by atoms with Crippen LogP contribution in [0.3, 0.4) is 0 Å². The molecule has 2 aromatic rings. The molecule has 0 aliphatic heterocycles. The van der Waals surface area contributed by atoms with Crippen molar-refractivity contribution >= 4 is 0 Å². The van der Waals surface area contributed by atoms with Gasteiger partial charge in [0.25, 0.3) is 0 Å². The third kappa shape index (κ3) is 2.85. The van der Waals surface area contributed by atoms with Crippen LogP contribution in [-0.4, -0.2) is 32.3 Å². The van der Waals surface area contributed by atoms with Crippen molar-refractivity contribution in [3.05, 3.63) is 41.7 Å². The van der Waals surface area contributed by atoms with Crippen LogP contribution in [0.15, 0.2) is 30.5 Å². The van der Waals surface area contributed by atoms with Gasteiger partial charge in [0.2, 0.25) is 0 Å². The van der Waals surface area contributed by atoms with E-state index in [1.54, 1.807) is 37.6 Å². The van der Waals surface area contributed by atoms with E-state index in [4.69, 9.17) is 9.84 Å². The molecule has 2 rings (SSSR count). The number of aliphatic hydroxyl groups is 2. The predicted molar refractivity (Wildman–Crippen MR) is 63.9 cm³/mol. The fraction of sp³-hybridized carbons (Fsp3) is 0.333. The summed E-state index contributed by atoms with van der Waals surface area (Å²) in [6.45, 7) is 0.137. The third-order valence-corrected chi connectivity index (χ3v) is 2.61. The van der Waals surface area contributed by atoms with Crippen LogP contribution < -0.4 is 4.74 Å². The fourth-order valence-corrected chi connectivity index (χ4v) is 1.61. The van der Waals surface area contributed by atoms with E-state index in [-0.39, 0.29) is 6.61 Å². The topological polar surface area (TPSA) is 80.4 Å². The van der Waals surface area contributed by atoms with Gasteiger partial charge in [0.15, 0.2) is 0 Å². The van der Waals surface area contributed by atoms with Crippen molar-refractivity contribution in [3.8, 4) is 5.75 Å². The van der Waals surface area contributed by atoms with Crippen LogP contribution in [0.5, 0.6) is 5.75 Å². The maximum Gasteiger partial charge on any atom is 0.118 e. The van der Waals surface area contributed by atoms with E-state index in [0.717, 1.165) is 11.3 Å². The lowest BCUT2D eigenvalue weighted by atomic mass is 10.1. The lowest BCUT2D eigenvalue weighted by Gasteiger charge is -2.11. The zero-order valence-electron chi connectivity index (χ0n) is 10.0. The molecular weight excluding hydrogens is 234 g/mol. The molecular formula is C12H15N3O3. The zero-order valence-corrected chi connectivity index (χ0v) is 10.0. The molecule has 1 atom stereocenters. The van der Waals surface area contributed by atoms with Gasteiger partial charge in [0, 0.05) is 0 Å². The summed E-state index contributed by atoms with van der Waals surface area (Å²) in [5, 5.41) is 26.4. The maximum atomic E-state index is 10.0. The predicted octanol–water partition coefficient (Wildman–Crippen LogP) is 0.513. The van der Waals surface area contributed by atoms with Crippen molar-refractivity contribution < 1.29 is 14.9 Å². The molecule has 0 spiro atoms. The maximum absolute atomic E-state index is 10.0. The van der Waals surface area contributed by atoms with E-state index in [2.05, 4.69) is 10.3 Å². The summed E-state index contributed by atoms with van der Waals surface area (Å²) in [6, 6.07) is 7.18. The fourth-order valence-electron chi connectivity index (χ4n) is 1.61. The van der Waals surface area contributed by atoms with E-state index in [0.29, 0.717) is 12.2 Å². The highest BCUT2D eigenvalue weighted by atomic mass is 16.5. The first-order valence-electron chi connectivity index (χ1n) is 5.55. The van der Waals surface area contributed by atoms with Crippen LogP contribution in [0.1, 0.15) is 17.4 Å². The Balaban J connectivity index is 2.03. The van der Waals surface area contributed by atoms with Crippen LogP contribution >= 0.6 is 0 Å². The summed E-state index contributed by atoms with van der Waals surface area (Å²) in [7, 11) is 1.59. The van der Waals surface area contributed by atoms with E-state index >= 15 is 0 Å². The number of ether oxygens (including phenoxy) is 1. The average Bonchev–Trinajstić information content (AvgIpc) is 2.86. The van der Waals surface area contributed by atoms with Crippen LogP contribution in [-0.2, 0) is 13.2 Å². The lowest BCUT2D eigenvalue weighted by molar-refractivity contribution is 0.150. The minimum atomic E-state index is -0.677. The number of rotatable bonds is 5. The average molecular weight is 249 g/mol. The summed E-state index contributed by atoms with van der Waals surface area (Å²) < 4.78 is 6.55. The first-order valence-corrected chi connectivity index (χ1v) is 5.55. The van der Waals surface area contributed by atoms with Crippen LogP contribution in [0.4, 0.5) is 0 Å². The molecule has 0 saturated carbocycles. The molecule has 0 bridgehead atoms. The Morgan fingerprint density at radius 2 is 2.06 bits per heavy atom. The second-order valence-electron chi connectivity index (χ2n) is 3.88. The molecule has 0 aliphatic rings. The van der Waals surface area contributed by atoms with Crippen molar-refractivity contribution in [1.82, 2.24) is 15.0 Å². The Hall–Kier alpha value is -1.92. The third-order valence-electron chi connectivity index (χ3n) is 2.61. The highest BCUT2D eigenvalue weighted by Gasteiger charge is 2.10. The van der Waals surface area contributed by atoms with E-state index in [1.807, 2.05) is 0 Å². The first kappa shape index (κ1) is 12.5. The Labute approximate surface area is 104 Å². The number of methoxy groups -OCH3 is 1. The van der Waals surface area contributed by atoms with Gasteiger partial charge in [-0.05, 0) is 17.7 Å². The Kier molecular flexibility index (Phi) is 3.91. The van der Waals surface area contributed by atoms with Gasteiger partial charge < -0.3 is 14.9 Å². The van der Waals surface area contributed by atoms with E-state index < -0.39 is 6.10 Å². The molecule has 0 radical (unpaired) electrons. The van der Waals surface area contributed by atoms with Crippen molar-refractivity contribution in [2.45, 2.75) is 19.3 Å². The Morgan fingerprint density at radius 3 is 2.61 bits per heavy atom. The second kappa shape index (κ2) is 5.61. The highest BCUT2D eigenvalue weighted by molar-refractivity contribution is 5.28. The van der Waals surface area contributed by atoms with Crippen molar-refractivity contribution in [1.29, 1.82) is 0 Å². The smallest absolute Gasteiger partial charge is 0.118 e. The molecule has 6 nitrogen and oxygen atoms in total. The molecule has 0 amide bonds. The standard InChI is InChI=1S/C12H15N3O3/c1-18-11-4-2-9(3-5-11)12(17)7-15-6-10(8-16)13-14-15/h2-6,12,16-17H,7-8H2,1H3/t12-/m1/s1. The highest BCUT2D eigenvalue weighted by Crippen LogP contribution is 2.18. The van der Waals surface area contributed by atoms with Crippen LogP contribution in [0.25, 0.3) is 0 Å². The molecule has 1 aromatic carbocycles. The monoisotopic (exact) mass is 249 g/mol. The number of benzene rings is 1. The summed E-state index contributed by atoms with van der Waals surface area (Å²) in [5.74, 6) is 0.745. The van der Waals surface area contributed by atoms with Crippen molar-refractivity contribution in [2.24, 2.45) is 0 Å². The van der Waals surface area contributed by atoms with Crippen LogP contribution in [0.2, 0.25) is 0 Å². The normalized spacial score (nSPS) is 12.4. The summed E-state index contributed by atoms with van der Waals surface area (Å²) in [6.07, 6.45) is 0.927. The molecule has 0 aliphatic carbocycles. The lowest BCUT2D eigenvalue weighted by Crippen LogP contribution is -2.09. The van der Waals surface area contributed by atoms with Gasteiger partial charge in [0.1, 0.15) is 11.4 Å². The summed E-state index contributed by atoms with van der Waals surface area (Å²) in [5.41, 5.74) is 1.26. The SMILES string of the molecule is COc1ccc([C@H](O)Cn2cc(CO)nn2)cc1.